The van der Waals surface area contributed by atoms with Gasteiger partial charge in [-0.15, -0.1) is 15.3 Å². The molecule has 12 nitrogen and oxygen atoms in total. The molecule has 0 aliphatic rings. The van der Waals surface area contributed by atoms with Gasteiger partial charge in [0, 0.05) is 0 Å². The number of benzene rings is 2. The van der Waals surface area contributed by atoms with Crippen LogP contribution in [0.2, 0.25) is 0 Å². The Morgan fingerprint density at radius 1 is 1.00 bits per heavy atom. The highest BCUT2D eigenvalue weighted by Gasteiger charge is 2.18. The van der Waals surface area contributed by atoms with Gasteiger partial charge in [0.2, 0.25) is 0 Å². The molecular formula is C31H50N8O4. The van der Waals surface area contributed by atoms with Crippen molar-refractivity contribution < 1.29 is 19.4 Å². The Morgan fingerprint density at radius 3 is 2.09 bits per heavy atom. The van der Waals surface area contributed by atoms with Crippen molar-refractivity contribution in [2.75, 3.05) is 0 Å². The third-order valence-electron chi connectivity index (χ3n) is 4.49. The van der Waals surface area contributed by atoms with Crippen LogP contribution in [0.25, 0.3) is 0 Å². The summed E-state index contributed by atoms with van der Waals surface area (Å²) in [5.41, 5.74) is 7.47. The highest BCUT2D eigenvalue weighted by molar-refractivity contribution is 5.90. The SMILES string of the molecule is CC.CC.CC(C)(C)OC(=O)c1cccc(CN(N)/N=C(\N)Cc2nnn(Cc3cccc(C(=O)O)c3)n2)c1.CC(C)C. The van der Waals surface area contributed by atoms with E-state index in [0.717, 1.165) is 22.2 Å². The summed E-state index contributed by atoms with van der Waals surface area (Å²) < 4.78 is 5.39. The Morgan fingerprint density at radius 2 is 1.53 bits per heavy atom. The summed E-state index contributed by atoms with van der Waals surface area (Å²) >= 11 is 0. The number of carbonyl (C=O) groups is 2. The van der Waals surface area contributed by atoms with Gasteiger partial charge in [-0.2, -0.15) is 4.80 Å². The second-order valence-electron chi connectivity index (χ2n) is 10.5. The van der Waals surface area contributed by atoms with Gasteiger partial charge in [0.15, 0.2) is 5.82 Å². The lowest BCUT2D eigenvalue weighted by atomic mass is 10.1. The van der Waals surface area contributed by atoms with Crippen LogP contribution in [-0.2, 0) is 24.2 Å². The summed E-state index contributed by atoms with van der Waals surface area (Å²) in [6, 6.07) is 13.4. The second-order valence-corrected chi connectivity index (χ2v) is 10.5. The molecule has 0 radical (unpaired) electrons. The Balaban J connectivity index is 0.00000200. The molecule has 5 N–H and O–H groups in total. The molecule has 0 saturated heterocycles. The first-order valence-corrected chi connectivity index (χ1v) is 14.5. The number of nitrogens with zero attached hydrogens (tertiary/aromatic N) is 6. The number of nitrogens with two attached hydrogens (primary N) is 2. The largest absolute Gasteiger partial charge is 0.478 e. The molecule has 0 aliphatic heterocycles. The lowest BCUT2D eigenvalue weighted by molar-refractivity contribution is 0.00690. The Kier molecular flexibility index (Phi) is 17.8. The third-order valence-corrected chi connectivity index (χ3v) is 4.49. The zero-order chi connectivity index (χ0) is 33.2. The number of aromatic nitrogens is 4. The van der Waals surface area contributed by atoms with Crippen LogP contribution in [0, 0.1) is 5.92 Å². The zero-order valence-electron chi connectivity index (χ0n) is 27.3. The van der Waals surface area contributed by atoms with Crippen molar-refractivity contribution in [2.24, 2.45) is 22.6 Å². The highest BCUT2D eigenvalue weighted by atomic mass is 16.6. The van der Waals surface area contributed by atoms with Crippen molar-refractivity contribution in [3.05, 3.63) is 76.6 Å². The summed E-state index contributed by atoms with van der Waals surface area (Å²) in [5, 5.41) is 26.6. The molecule has 238 valence electrons. The predicted molar refractivity (Wildman–Crippen MR) is 170 cm³/mol. The maximum absolute atomic E-state index is 12.3. The molecule has 3 aromatic rings. The average molecular weight is 599 g/mol. The molecule has 43 heavy (non-hydrogen) atoms. The standard InChI is InChI=1S/C23H28N8O4.C4H10.2C2H6/c1-23(2,3)35-22(34)18-9-5-6-15(11-18)13-30(25)27-19(24)12-20-26-29-31(28-20)14-16-7-4-8-17(10-16)21(32)33;1-4(2)3;2*1-2/h4-11H,12-14,25H2,1-3H3,(H2,24,27)(H,32,33);4H,1-3H3;2*1-2H3. The minimum atomic E-state index is -1.01. The number of hydrazine groups is 1. The van der Waals surface area contributed by atoms with Gasteiger partial charge < -0.3 is 15.6 Å². The van der Waals surface area contributed by atoms with E-state index in [9.17, 15) is 9.59 Å². The summed E-state index contributed by atoms with van der Waals surface area (Å²) in [4.78, 5) is 24.7. The topological polar surface area (TPSA) is 175 Å². The first kappa shape index (κ1) is 38.7. The molecule has 0 amide bonds. The first-order chi connectivity index (χ1) is 20.2. The number of carboxylic acids is 1. The van der Waals surface area contributed by atoms with Crippen molar-refractivity contribution in [3.63, 3.8) is 0 Å². The molecule has 1 heterocycles. The molecule has 0 saturated carbocycles. The van der Waals surface area contributed by atoms with Gasteiger partial charge in [0.25, 0.3) is 0 Å². The fraction of sp³-hybridized carbons (Fsp3) is 0.484. The van der Waals surface area contributed by atoms with Crippen LogP contribution >= 0.6 is 0 Å². The number of carboxylic acid groups (broad SMARTS) is 1. The number of aromatic carboxylic acids is 1. The van der Waals surface area contributed by atoms with Crippen molar-refractivity contribution >= 4 is 17.8 Å². The number of hydrazone groups is 1. The third kappa shape index (κ3) is 16.6. The van der Waals surface area contributed by atoms with Gasteiger partial charge in [-0.25, -0.2) is 20.5 Å². The molecule has 12 heteroatoms. The first-order valence-electron chi connectivity index (χ1n) is 14.5. The van der Waals surface area contributed by atoms with Crippen molar-refractivity contribution in [1.82, 2.24) is 25.3 Å². The molecule has 2 aromatic carbocycles. The van der Waals surface area contributed by atoms with Crippen LogP contribution in [0.4, 0.5) is 0 Å². The second kappa shape index (κ2) is 19.7. The van der Waals surface area contributed by atoms with Gasteiger partial charge in [0.05, 0.1) is 30.6 Å². The zero-order valence-corrected chi connectivity index (χ0v) is 27.3. The highest BCUT2D eigenvalue weighted by Crippen LogP contribution is 2.14. The fourth-order valence-electron chi connectivity index (χ4n) is 3.10. The Hall–Kier alpha value is -4.32. The van der Waals surface area contributed by atoms with E-state index in [1.54, 1.807) is 57.2 Å². The van der Waals surface area contributed by atoms with Crippen molar-refractivity contribution in [1.29, 1.82) is 0 Å². The summed E-state index contributed by atoms with van der Waals surface area (Å²) in [6.45, 7) is 20.4. The minimum Gasteiger partial charge on any atom is -0.478 e. The summed E-state index contributed by atoms with van der Waals surface area (Å²) in [7, 11) is 0. The molecule has 0 bridgehead atoms. The Bertz CT molecular complexity index is 1280. The number of hydrogen-bond donors (Lipinski definition) is 3. The monoisotopic (exact) mass is 598 g/mol. The van der Waals surface area contributed by atoms with Crippen LogP contribution in [0.5, 0.6) is 0 Å². The molecule has 0 spiro atoms. The molecule has 3 rings (SSSR count). The van der Waals surface area contributed by atoms with Crippen molar-refractivity contribution in [3.8, 4) is 0 Å². The number of carbonyl (C=O) groups excluding carboxylic acids is 1. The number of rotatable bonds is 9. The summed E-state index contributed by atoms with van der Waals surface area (Å²) in [6.07, 6.45) is 0.112. The maximum atomic E-state index is 12.3. The fourth-order valence-corrected chi connectivity index (χ4v) is 3.10. The average Bonchev–Trinajstić information content (AvgIpc) is 3.36. The number of amidine groups is 1. The summed E-state index contributed by atoms with van der Waals surface area (Å²) in [5.74, 6) is 5.88. The van der Waals surface area contributed by atoms with E-state index in [2.05, 4.69) is 41.3 Å². The molecule has 1 aromatic heterocycles. The Labute approximate surface area is 256 Å². The molecule has 0 aliphatic carbocycles. The molecule has 0 unspecified atom stereocenters. The number of esters is 1. The van der Waals surface area contributed by atoms with E-state index in [1.165, 1.54) is 10.9 Å². The van der Waals surface area contributed by atoms with E-state index in [-0.39, 0.29) is 30.9 Å². The van der Waals surface area contributed by atoms with Gasteiger partial charge in [-0.05, 0) is 67.3 Å². The van der Waals surface area contributed by atoms with Crippen LogP contribution < -0.4 is 11.6 Å². The van der Waals surface area contributed by atoms with E-state index < -0.39 is 17.5 Å². The molecule has 0 atom stereocenters. The van der Waals surface area contributed by atoms with E-state index in [1.807, 2.05) is 33.8 Å². The van der Waals surface area contributed by atoms with E-state index >= 15 is 0 Å². The van der Waals surface area contributed by atoms with Gasteiger partial charge in [0.1, 0.15) is 11.4 Å². The number of hydrogen-bond acceptors (Lipinski definition) is 9. The van der Waals surface area contributed by atoms with Crippen LogP contribution in [-0.4, -0.2) is 53.8 Å². The van der Waals surface area contributed by atoms with E-state index in [4.69, 9.17) is 21.4 Å². The number of tetrazole rings is 1. The smallest absolute Gasteiger partial charge is 0.338 e. The lowest BCUT2D eigenvalue weighted by Crippen LogP contribution is -2.30. The normalized spacial score (nSPS) is 10.7. The maximum Gasteiger partial charge on any atom is 0.338 e. The molecular weight excluding hydrogens is 548 g/mol. The van der Waals surface area contributed by atoms with Crippen molar-refractivity contribution in [2.45, 2.75) is 94.3 Å². The lowest BCUT2D eigenvalue weighted by Gasteiger charge is -2.20. The van der Waals surface area contributed by atoms with Crippen LogP contribution in [0.1, 0.15) is 107 Å². The van der Waals surface area contributed by atoms with Gasteiger partial charge in [-0.3, -0.25) is 0 Å². The van der Waals surface area contributed by atoms with E-state index in [0.29, 0.717) is 11.4 Å². The number of ether oxygens (including phenoxy) is 1. The van der Waals surface area contributed by atoms with Crippen LogP contribution in [0.15, 0.2) is 53.6 Å². The van der Waals surface area contributed by atoms with Gasteiger partial charge in [-0.1, -0.05) is 72.7 Å². The van der Waals surface area contributed by atoms with Crippen LogP contribution in [0.3, 0.4) is 0 Å². The predicted octanol–water partition coefficient (Wildman–Crippen LogP) is 5.28. The quantitative estimate of drug-likeness (QED) is 0.0966. The van der Waals surface area contributed by atoms with Gasteiger partial charge >= 0.3 is 11.9 Å². The minimum absolute atomic E-state index is 0.112. The molecule has 0 fully saturated rings.